The highest BCUT2D eigenvalue weighted by atomic mass is 16.6. The number of rotatable bonds is 4. The molecular formula is C15H20N2O4. The van der Waals surface area contributed by atoms with Crippen LogP contribution >= 0.6 is 0 Å². The number of carboxylic acids is 1. The first-order valence-corrected chi connectivity index (χ1v) is 7.33. The van der Waals surface area contributed by atoms with E-state index in [1.165, 1.54) is 18.2 Å². The fraction of sp³-hybridized carbons (Fsp3) is 0.533. The van der Waals surface area contributed by atoms with Crippen LogP contribution in [0.3, 0.4) is 0 Å². The van der Waals surface area contributed by atoms with E-state index < -0.39 is 10.9 Å². The molecular weight excluding hydrogens is 272 g/mol. The quantitative estimate of drug-likeness (QED) is 0.678. The Morgan fingerprint density at radius 2 is 2.19 bits per heavy atom. The molecule has 6 heteroatoms. The van der Waals surface area contributed by atoms with Crippen LogP contribution < -0.4 is 4.90 Å². The molecule has 0 saturated carbocycles. The zero-order chi connectivity index (χ0) is 15.4. The first-order valence-electron chi connectivity index (χ1n) is 7.33. The average Bonchev–Trinajstić information content (AvgIpc) is 2.71. The van der Waals surface area contributed by atoms with Crippen molar-refractivity contribution in [1.29, 1.82) is 0 Å². The molecule has 1 heterocycles. The van der Waals surface area contributed by atoms with E-state index in [2.05, 4.69) is 6.92 Å². The second-order valence-electron chi connectivity index (χ2n) is 5.37. The number of hydrogen-bond acceptors (Lipinski definition) is 4. The molecule has 1 N–H and O–H groups in total. The summed E-state index contributed by atoms with van der Waals surface area (Å²) in [4.78, 5) is 24.0. The van der Waals surface area contributed by atoms with Crippen LogP contribution in [-0.4, -0.2) is 28.6 Å². The summed E-state index contributed by atoms with van der Waals surface area (Å²) in [7, 11) is 0. The van der Waals surface area contributed by atoms with Crippen molar-refractivity contribution in [3.63, 3.8) is 0 Å². The van der Waals surface area contributed by atoms with Gasteiger partial charge in [-0.2, -0.15) is 0 Å². The van der Waals surface area contributed by atoms with Gasteiger partial charge in [0.1, 0.15) is 0 Å². The number of nitro groups is 1. The van der Waals surface area contributed by atoms with Crippen molar-refractivity contribution >= 4 is 17.3 Å². The Morgan fingerprint density at radius 1 is 1.43 bits per heavy atom. The van der Waals surface area contributed by atoms with E-state index in [0.717, 1.165) is 38.6 Å². The molecule has 0 bridgehead atoms. The molecule has 1 aromatic rings. The number of carbonyl (C=O) groups is 1. The zero-order valence-electron chi connectivity index (χ0n) is 12.1. The van der Waals surface area contributed by atoms with Crippen molar-refractivity contribution in [2.24, 2.45) is 0 Å². The molecule has 6 nitrogen and oxygen atoms in total. The van der Waals surface area contributed by atoms with Gasteiger partial charge in [-0.3, -0.25) is 10.1 Å². The Labute approximate surface area is 123 Å². The van der Waals surface area contributed by atoms with E-state index in [0.29, 0.717) is 5.69 Å². The number of aromatic carboxylic acids is 1. The fourth-order valence-electron chi connectivity index (χ4n) is 2.97. The highest BCUT2D eigenvalue weighted by molar-refractivity contribution is 5.95. The largest absolute Gasteiger partial charge is 0.478 e. The smallest absolute Gasteiger partial charge is 0.337 e. The van der Waals surface area contributed by atoms with Gasteiger partial charge in [0.25, 0.3) is 5.69 Å². The van der Waals surface area contributed by atoms with Crippen LogP contribution in [0, 0.1) is 10.1 Å². The van der Waals surface area contributed by atoms with Crippen molar-refractivity contribution in [2.75, 3.05) is 11.4 Å². The predicted octanol–water partition coefficient (Wildman–Crippen LogP) is 3.45. The maximum Gasteiger partial charge on any atom is 0.337 e. The molecule has 0 amide bonds. The number of hydrogen-bond donors (Lipinski definition) is 1. The van der Waals surface area contributed by atoms with Crippen LogP contribution in [-0.2, 0) is 0 Å². The van der Waals surface area contributed by atoms with E-state index in [9.17, 15) is 20.0 Å². The van der Waals surface area contributed by atoms with E-state index >= 15 is 0 Å². The summed E-state index contributed by atoms with van der Waals surface area (Å²) < 4.78 is 0. The number of benzene rings is 1. The molecule has 0 aromatic heterocycles. The van der Waals surface area contributed by atoms with Gasteiger partial charge in [-0.25, -0.2) is 4.79 Å². The SMILES string of the molecule is CCC1CCCCCN1c1cc([N+](=O)[O-])ccc1C(=O)O. The third kappa shape index (κ3) is 3.32. The Kier molecular flexibility index (Phi) is 4.77. The molecule has 1 fully saturated rings. The highest BCUT2D eigenvalue weighted by Crippen LogP contribution is 2.31. The minimum atomic E-state index is -1.04. The van der Waals surface area contributed by atoms with Gasteiger partial charge in [0.15, 0.2) is 0 Å². The molecule has 21 heavy (non-hydrogen) atoms. The molecule has 1 saturated heterocycles. The lowest BCUT2D eigenvalue weighted by atomic mass is 10.0. The Hall–Kier alpha value is -2.11. The van der Waals surface area contributed by atoms with Crippen LogP contribution in [0.4, 0.5) is 11.4 Å². The first-order chi connectivity index (χ1) is 10.0. The molecule has 1 atom stereocenters. The summed E-state index contributed by atoms with van der Waals surface area (Å²) in [6, 6.07) is 4.24. The first kappa shape index (κ1) is 15.3. The van der Waals surface area contributed by atoms with Crippen molar-refractivity contribution < 1.29 is 14.8 Å². The summed E-state index contributed by atoms with van der Waals surface area (Å²) in [6.07, 6.45) is 5.12. The molecule has 0 aliphatic carbocycles. The Morgan fingerprint density at radius 3 is 2.81 bits per heavy atom. The third-order valence-corrected chi connectivity index (χ3v) is 4.08. The van der Waals surface area contributed by atoms with Crippen molar-refractivity contribution in [2.45, 2.75) is 45.1 Å². The standard InChI is InChI=1S/C15H20N2O4/c1-2-11-6-4-3-5-9-16(11)14-10-12(17(20)21)7-8-13(14)15(18)19/h7-8,10-11H,2-6,9H2,1H3,(H,18,19). The van der Waals surface area contributed by atoms with Gasteiger partial charge in [-0.1, -0.05) is 19.8 Å². The topological polar surface area (TPSA) is 83.7 Å². The zero-order valence-corrected chi connectivity index (χ0v) is 12.1. The molecule has 0 radical (unpaired) electrons. The maximum atomic E-state index is 11.4. The number of nitro benzene ring substituents is 1. The van der Waals surface area contributed by atoms with Crippen molar-refractivity contribution in [3.8, 4) is 0 Å². The summed E-state index contributed by atoms with van der Waals surface area (Å²) in [5.74, 6) is -1.04. The van der Waals surface area contributed by atoms with Gasteiger partial charge in [-0.15, -0.1) is 0 Å². The number of anilines is 1. The molecule has 0 spiro atoms. The maximum absolute atomic E-state index is 11.4. The fourth-order valence-corrected chi connectivity index (χ4v) is 2.97. The third-order valence-electron chi connectivity index (χ3n) is 4.08. The van der Waals surface area contributed by atoms with Gasteiger partial charge >= 0.3 is 5.97 Å². The summed E-state index contributed by atoms with van der Waals surface area (Å²) in [5.41, 5.74) is 0.556. The summed E-state index contributed by atoms with van der Waals surface area (Å²) in [6.45, 7) is 2.82. The van der Waals surface area contributed by atoms with Crippen LogP contribution in [0.2, 0.25) is 0 Å². The molecule has 1 aliphatic heterocycles. The molecule has 1 aromatic carbocycles. The van der Waals surface area contributed by atoms with Gasteiger partial charge in [0.2, 0.25) is 0 Å². The van der Waals surface area contributed by atoms with Crippen molar-refractivity contribution in [3.05, 3.63) is 33.9 Å². The van der Waals surface area contributed by atoms with Gasteiger partial charge in [0.05, 0.1) is 16.2 Å². The Balaban J connectivity index is 2.49. The Bertz CT molecular complexity index is 544. The monoisotopic (exact) mass is 292 g/mol. The lowest BCUT2D eigenvalue weighted by molar-refractivity contribution is -0.384. The normalized spacial score (nSPS) is 19.1. The molecule has 1 aliphatic rings. The van der Waals surface area contributed by atoms with Crippen LogP contribution in [0.1, 0.15) is 49.4 Å². The summed E-state index contributed by atoms with van der Waals surface area (Å²) >= 11 is 0. The van der Waals surface area contributed by atoms with Crippen LogP contribution in [0.25, 0.3) is 0 Å². The number of carboxylic acid groups (broad SMARTS) is 1. The van der Waals surface area contributed by atoms with Gasteiger partial charge in [0, 0.05) is 24.7 Å². The minimum Gasteiger partial charge on any atom is -0.478 e. The average molecular weight is 292 g/mol. The van der Waals surface area contributed by atoms with Crippen LogP contribution in [0.5, 0.6) is 0 Å². The van der Waals surface area contributed by atoms with Gasteiger partial charge < -0.3 is 10.0 Å². The molecule has 114 valence electrons. The van der Waals surface area contributed by atoms with E-state index in [4.69, 9.17) is 0 Å². The lowest BCUT2D eigenvalue weighted by Gasteiger charge is -2.32. The van der Waals surface area contributed by atoms with E-state index in [1.54, 1.807) is 0 Å². The minimum absolute atomic E-state index is 0.0610. The van der Waals surface area contributed by atoms with Crippen LogP contribution in [0.15, 0.2) is 18.2 Å². The number of nitrogens with zero attached hydrogens (tertiary/aromatic N) is 2. The van der Waals surface area contributed by atoms with Crippen molar-refractivity contribution in [1.82, 2.24) is 0 Å². The second-order valence-corrected chi connectivity index (χ2v) is 5.37. The molecule has 2 rings (SSSR count). The predicted molar refractivity (Wildman–Crippen MR) is 79.9 cm³/mol. The highest BCUT2D eigenvalue weighted by Gasteiger charge is 2.25. The summed E-state index contributed by atoms with van der Waals surface area (Å²) in [5, 5.41) is 20.3. The molecule has 1 unspecified atom stereocenters. The van der Waals surface area contributed by atoms with E-state index in [1.807, 2.05) is 4.90 Å². The van der Waals surface area contributed by atoms with Gasteiger partial charge in [-0.05, 0) is 25.3 Å². The number of non-ortho nitro benzene ring substituents is 1. The lowest BCUT2D eigenvalue weighted by Crippen LogP contribution is -2.35. The van der Waals surface area contributed by atoms with E-state index in [-0.39, 0.29) is 17.3 Å². The second kappa shape index (κ2) is 6.56.